The summed E-state index contributed by atoms with van der Waals surface area (Å²) in [6.45, 7) is 0.361. The Bertz CT molecular complexity index is 906. The van der Waals surface area contributed by atoms with Crippen LogP contribution >= 0.6 is 35.4 Å². The molecule has 0 aliphatic heterocycles. The van der Waals surface area contributed by atoms with E-state index in [-0.39, 0.29) is 4.84 Å². The molecule has 1 heterocycles. The molecule has 1 N–H and O–H groups in total. The predicted molar refractivity (Wildman–Crippen MR) is 97.4 cm³/mol. The second kappa shape index (κ2) is 7.25. The molecule has 2 aromatic carbocycles. The summed E-state index contributed by atoms with van der Waals surface area (Å²) in [5.41, 5.74) is 1.54. The fourth-order valence-corrected chi connectivity index (χ4v) is 2.73. The van der Waals surface area contributed by atoms with Gasteiger partial charge in [0.2, 0.25) is 5.89 Å². The molecule has 0 bridgehead atoms. The summed E-state index contributed by atoms with van der Waals surface area (Å²) >= 11 is 17.3. The standard InChI is InChI=1S/C16H13Cl2N3O2S/c1-22-12-5-3-11(4-6-12)19-9-21-16(24)23-15(20-21)13-7-2-10(17)8-14(13)18/h2-8,19H,9H2,1H3. The van der Waals surface area contributed by atoms with Gasteiger partial charge in [-0.15, -0.1) is 5.10 Å². The summed E-state index contributed by atoms with van der Waals surface area (Å²) in [5.74, 6) is 1.14. The van der Waals surface area contributed by atoms with Crippen molar-refractivity contribution in [1.82, 2.24) is 9.78 Å². The molecule has 5 nitrogen and oxygen atoms in total. The summed E-state index contributed by atoms with van der Waals surface area (Å²) in [4.78, 5) is 0.247. The zero-order valence-corrected chi connectivity index (χ0v) is 15.0. The zero-order chi connectivity index (χ0) is 17.1. The molecular weight excluding hydrogens is 369 g/mol. The summed E-state index contributed by atoms with van der Waals surface area (Å²) < 4.78 is 12.2. The normalized spacial score (nSPS) is 10.6. The minimum atomic E-state index is 0.247. The fourth-order valence-electron chi connectivity index (χ4n) is 2.05. The highest BCUT2D eigenvalue weighted by Gasteiger charge is 2.12. The Balaban J connectivity index is 1.77. The Hall–Kier alpha value is -2.02. The molecule has 0 fully saturated rings. The van der Waals surface area contributed by atoms with Gasteiger partial charge >= 0.3 is 0 Å². The Morgan fingerprint density at radius 2 is 1.96 bits per heavy atom. The molecule has 0 amide bonds. The van der Waals surface area contributed by atoms with Crippen LogP contribution in [0.15, 0.2) is 46.9 Å². The molecule has 8 heteroatoms. The summed E-state index contributed by atoms with van der Waals surface area (Å²) in [6, 6.07) is 12.6. The maximum absolute atomic E-state index is 6.17. The van der Waals surface area contributed by atoms with E-state index in [2.05, 4.69) is 10.4 Å². The number of ether oxygens (including phenoxy) is 1. The Morgan fingerprint density at radius 1 is 1.21 bits per heavy atom. The lowest BCUT2D eigenvalue weighted by Gasteiger charge is -2.06. The van der Waals surface area contributed by atoms with Crippen LogP contribution in [0.3, 0.4) is 0 Å². The van der Waals surface area contributed by atoms with Crippen LogP contribution in [0.5, 0.6) is 5.75 Å². The summed E-state index contributed by atoms with van der Waals surface area (Å²) in [5, 5.41) is 8.55. The molecule has 0 saturated heterocycles. The van der Waals surface area contributed by atoms with Crippen molar-refractivity contribution in [3.8, 4) is 17.2 Å². The molecular formula is C16H13Cl2N3O2S. The van der Waals surface area contributed by atoms with Crippen LogP contribution < -0.4 is 10.1 Å². The van der Waals surface area contributed by atoms with Crippen molar-refractivity contribution in [2.75, 3.05) is 12.4 Å². The summed E-state index contributed by atoms with van der Waals surface area (Å²) in [6.07, 6.45) is 0. The van der Waals surface area contributed by atoms with Crippen molar-refractivity contribution in [2.45, 2.75) is 6.67 Å². The third kappa shape index (κ3) is 3.72. The van der Waals surface area contributed by atoms with E-state index in [4.69, 9.17) is 44.6 Å². The van der Waals surface area contributed by atoms with Crippen molar-refractivity contribution >= 4 is 41.1 Å². The number of aromatic nitrogens is 2. The van der Waals surface area contributed by atoms with E-state index < -0.39 is 0 Å². The molecule has 3 aromatic rings. The van der Waals surface area contributed by atoms with Crippen LogP contribution in [0.4, 0.5) is 5.69 Å². The monoisotopic (exact) mass is 381 g/mol. The van der Waals surface area contributed by atoms with Gasteiger partial charge in [-0.1, -0.05) is 23.2 Å². The molecule has 1 aromatic heterocycles. The zero-order valence-electron chi connectivity index (χ0n) is 12.6. The third-order valence-electron chi connectivity index (χ3n) is 3.29. The number of halogens is 2. The van der Waals surface area contributed by atoms with Crippen molar-refractivity contribution in [3.05, 3.63) is 57.3 Å². The lowest BCUT2D eigenvalue weighted by atomic mass is 10.2. The quantitative estimate of drug-likeness (QED) is 0.611. The second-order valence-corrected chi connectivity index (χ2v) is 6.05. The molecule has 0 saturated carbocycles. The number of hydrogen-bond donors (Lipinski definition) is 1. The van der Waals surface area contributed by atoms with Crippen molar-refractivity contribution in [1.29, 1.82) is 0 Å². The Labute approximate surface area is 153 Å². The first-order chi connectivity index (χ1) is 11.6. The number of hydrogen-bond acceptors (Lipinski definition) is 5. The lowest BCUT2D eigenvalue weighted by Crippen LogP contribution is -2.09. The van der Waals surface area contributed by atoms with Crippen molar-refractivity contribution in [2.24, 2.45) is 0 Å². The van der Waals surface area contributed by atoms with Crippen LogP contribution in [-0.2, 0) is 6.67 Å². The number of methoxy groups -OCH3 is 1. The fraction of sp³-hybridized carbons (Fsp3) is 0.125. The molecule has 0 spiro atoms. The largest absolute Gasteiger partial charge is 0.497 e. The number of benzene rings is 2. The highest BCUT2D eigenvalue weighted by atomic mass is 35.5. The SMILES string of the molecule is COc1ccc(NCn2nc(-c3ccc(Cl)cc3Cl)oc2=S)cc1. The van der Waals surface area contributed by atoms with Crippen LogP contribution in [-0.4, -0.2) is 16.9 Å². The number of nitrogens with one attached hydrogen (secondary N) is 1. The molecule has 0 radical (unpaired) electrons. The van der Waals surface area contributed by atoms with Crippen molar-refractivity contribution < 1.29 is 9.15 Å². The van der Waals surface area contributed by atoms with Crippen LogP contribution in [0, 0.1) is 4.84 Å². The Morgan fingerprint density at radius 3 is 2.62 bits per heavy atom. The lowest BCUT2D eigenvalue weighted by molar-refractivity contribution is 0.415. The topological polar surface area (TPSA) is 52.2 Å². The number of nitrogens with zero attached hydrogens (tertiary/aromatic N) is 2. The second-order valence-electron chi connectivity index (χ2n) is 4.86. The van der Waals surface area contributed by atoms with Crippen LogP contribution in [0.1, 0.15) is 0 Å². The smallest absolute Gasteiger partial charge is 0.289 e. The molecule has 0 aliphatic carbocycles. The van der Waals surface area contributed by atoms with Crippen molar-refractivity contribution in [3.63, 3.8) is 0 Å². The first-order valence-corrected chi connectivity index (χ1v) is 8.14. The van der Waals surface area contributed by atoms with E-state index >= 15 is 0 Å². The van der Waals surface area contributed by atoms with Gasteiger partial charge in [-0.25, -0.2) is 4.68 Å². The summed E-state index contributed by atoms with van der Waals surface area (Å²) in [7, 11) is 1.63. The van der Waals surface area contributed by atoms with Gasteiger partial charge < -0.3 is 14.5 Å². The Kier molecular flexibility index (Phi) is 5.08. The minimum Gasteiger partial charge on any atom is -0.497 e. The van der Waals surface area contributed by atoms with Gasteiger partial charge in [-0.05, 0) is 54.7 Å². The van der Waals surface area contributed by atoms with E-state index in [1.54, 1.807) is 30.0 Å². The van der Waals surface area contributed by atoms with E-state index in [9.17, 15) is 0 Å². The number of anilines is 1. The molecule has 124 valence electrons. The van der Waals surface area contributed by atoms with Gasteiger partial charge in [-0.3, -0.25) is 0 Å². The van der Waals surface area contributed by atoms with Crippen LogP contribution in [0.25, 0.3) is 11.5 Å². The molecule has 0 aliphatic rings. The van der Waals surface area contributed by atoms with Gasteiger partial charge in [0.05, 0.1) is 17.7 Å². The first-order valence-electron chi connectivity index (χ1n) is 6.98. The van der Waals surface area contributed by atoms with Crippen LogP contribution in [0.2, 0.25) is 10.0 Å². The van der Waals surface area contributed by atoms with Gasteiger partial charge in [0.1, 0.15) is 12.4 Å². The maximum atomic E-state index is 6.17. The van der Waals surface area contributed by atoms with Gasteiger partial charge in [0.25, 0.3) is 4.84 Å². The van der Waals surface area contributed by atoms with Gasteiger partial charge in [0, 0.05) is 10.7 Å². The van der Waals surface area contributed by atoms with Gasteiger partial charge in [-0.2, -0.15) is 0 Å². The maximum Gasteiger partial charge on any atom is 0.289 e. The van der Waals surface area contributed by atoms with E-state index in [0.29, 0.717) is 28.2 Å². The predicted octanol–water partition coefficient (Wildman–Crippen LogP) is 5.26. The van der Waals surface area contributed by atoms with E-state index in [1.807, 2.05) is 24.3 Å². The highest BCUT2D eigenvalue weighted by molar-refractivity contribution is 7.71. The van der Waals surface area contributed by atoms with E-state index in [0.717, 1.165) is 11.4 Å². The van der Waals surface area contributed by atoms with E-state index in [1.165, 1.54) is 0 Å². The average Bonchev–Trinajstić information content (AvgIpc) is 2.94. The highest BCUT2D eigenvalue weighted by Crippen LogP contribution is 2.29. The average molecular weight is 382 g/mol. The molecule has 0 atom stereocenters. The third-order valence-corrected chi connectivity index (χ3v) is 4.13. The minimum absolute atomic E-state index is 0.247. The molecule has 0 unspecified atom stereocenters. The number of rotatable bonds is 5. The van der Waals surface area contributed by atoms with Gasteiger partial charge in [0.15, 0.2) is 0 Å². The first kappa shape index (κ1) is 16.8. The molecule has 24 heavy (non-hydrogen) atoms. The molecule has 3 rings (SSSR count).